The Morgan fingerprint density at radius 2 is 1.79 bits per heavy atom. The molecule has 0 heterocycles. The molecule has 0 aliphatic heterocycles. The summed E-state index contributed by atoms with van der Waals surface area (Å²) in [6.07, 6.45) is 6.17. The molecule has 1 atom stereocenters. The van der Waals surface area contributed by atoms with Gasteiger partial charge in [0.15, 0.2) is 0 Å². The lowest BCUT2D eigenvalue weighted by Crippen LogP contribution is -2.38. The van der Waals surface area contributed by atoms with Gasteiger partial charge in [-0.05, 0) is 19.8 Å². The fourth-order valence-corrected chi connectivity index (χ4v) is 4.06. The van der Waals surface area contributed by atoms with Gasteiger partial charge in [-0.25, -0.2) is 13.6 Å². The van der Waals surface area contributed by atoms with Crippen molar-refractivity contribution < 1.29 is 17.9 Å². The second kappa shape index (κ2) is 7.57. The molecule has 1 rings (SSSR count). The van der Waals surface area contributed by atoms with Crippen LogP contribution in [0.4, 0.5) is 0 Å². The number of primary sulfonamides is 1. The number of hydrogen-bond donors (Lipinski definition) is 1. The van der Waals surface area contributed by atoms with Crippen LogP contribution in [0.25, 0.3) is 0 Å². The van der Waals surface area contributed by atoms with Gasteiger partial charge in [0.2, 0.25) is 10.0 Å². The van der Waals surface area contributed by atoms with Crippen LogP contribution in [0.1, 0.15) is 45.4 Å². The molecule has 0 aromatic heterocycles. The minimum Gasteiger partial charge on any atom is -0.382 e. The molecule has 1 unspecified atom stereocenters. The summed E-state index contributed by atoms with van der Waals surface area (Å²) >= 11 is 0. The maximum atomic E-state index is 11.5. The number of hydrogen-bond acceptors (Lipinski definition) is 4. The molecular formula is C13H27NO4S. The SMILES string of the molecule is COCC(C)OCC1(CS(N)(=O)=O)CCCCCC1. The molecule has 1 fully saturated rings. The molecule has 0 saturated heterocycles. The molecule has 1 aliphatic carbocycles. The molecule has 0 amide bonds. The number of methoxy groups -OCH3 is 1. The lowest BCUT2D eigenvalue weighted by Gasteiger charge is -2.32. The monoisotopic (exact) mass is 293 g/mol. The maximum absolute atomic E-state index is 11.5. The van der Waals surface area contributed by atoms with Gasteiger partial charge in [0.1, 0.15) is 0 Å². The first-order valence-electron chi connectivity index (χ1n) is 6.98. The summed E-state index contributed by atoms with van der Waals surface area (Å²) in [6, 6.07) is 0. The van der Waals surface area contributed by atoms with E-state index in [1.807, 2.05) is 6.92 Å². The predicted octanol–water partition coefficient (Wildman–Crippen LogP) is 1.67. The van der Waals surface area contributed by atoms with Crippen LogP contribution >= 0.6 is 0 Å². The van der Waals surface area contributed by atoms with Crippen molar-refractivity contribution in [2.75, 3.05) is 26.1 Å². The molecule has 0 bridgehead atoms. The summed E-state index contributed by atoms with van der Waals surface area (Å²) in [4.78, 5) is 0. The Labute approximate surface area is 116 Å². The van der Waals surface area contributed by atoms with Crippen molar-refractivity contribution in [1.29, 1.82) is 0 Å². The third kappa shape index (κ3) is 6.70. The van der Waals surface area contributed by atoms with Gasteiger partial charge in [-0.3, -0.25) is 0 Å². The van der Waals surface area contributed by atoms with E-state index in [2.05, 4.69) is 0 Å². The molecule has 0 radical (unpaired) electrons. The fraction of sp³-hybridized carbons (Fsp3) is 1.00. The van der Waals surface area contributed by atoms with Crippen LogP contribution in [0.3, 0.4) is 0 Å². The molecule has 1 saturated carbocycles. The van der Waals surface area contributed by atoms with Crippen molar-refractivity contribution >= 4 is 10.0 Å². The van der Waals surface area contributed by atoms with Crippen molar-refractivity contribution in [2.24, 2.45) is 10.6 Å². The normalized spacial score (nSPS) is 21.8. The van der Waals surface area contributed by atoms with Crippen molar-refractivity contribution in [1.82, 2.24) is 0 Å². The number of sulfonamides is 1. The van der Waals surface area contributed by atoms with Gasteiger partial charge in [-0.15, -0.1) is 0 Å². The van der Waals surface area contributed by atoms with Gasteiger partial charge < -0.3 is 9.47 Å². The smallest absolute Gasteiger partial charge is 0.209 e. The Morgan fingerprint density at radius 3 is 2.26 bits per heavy atom. The van der Waals surface area contributed by atoms with Gasteiger partial charge in [-0.2, -0.15) is 0 Å². The molecule has 2 N–H and O–H groups in total. The molecule has 1 aliphatic rings. The summed E-state index contributed by atoms with van der Waals surface area (Å²) < 4.78 is 33.8. The van der Waals surface area contributed by atoms with Gasteiger partial charge in [0.05, 0.1) is 25.1 Å². The Bertz CT molecular complexity index is 348. The quantitative estimate of drug-likeness (QED) is 0.724. The molecule has 0 aromatic carbocycles. The van der Waals surface area contributed by atoms with Crippen LogP contribution < -0.4 is 5.14 Å². The zero-order chi connectivity index (χ0) is 14.4. The highest BCUT2D eigenvalue weighted by Gasteiger charge is 2.35. The van der Waals surface area contributed by atoms with Crippen molar-refractivity contribution in [3.63, 3.8) is 0 Å². The van der Waals surface area contributed by atoms with Crippen molar-refractivity contribution in [2.45, 2.75) is 51.6 Å². The van der Waals surface area contributed by atoms with E-state index in [4.69, 9.17) is 14.6 Å². The molecule has 19 heavy (non-hydrogen) atoms. The van der Waals surface area contributed by atoms with E-state index >= 15 is 0 Å². The third-order valence-electron chi connectivity index (χ3n) is 3.75. The molecule has 0 spiro atoms. The zero-order valence-electron chi connectivity index (χ0n) is 12.1. The lowest BCUT2D eigenvalue weighted by atomic mass is 9.83. The average Bonchev–Trinajstić information content (AvgIpc) is 2.51. The maximum Gasteiger partial charge on any atom is 0.209 e. The number of nitrogens with two attached hydrogens (primary N) is 1. The molecule has 6 heteroatoms. The highest BCUT2D eigenvalue weighted by Crippen LogP contribution is 2.36. The van der Waals surface area contributed by atoms with E-state index in [0.29, 0.717) is 13.2 Å². The largest absolute Gasteiger partial charge is 0.382 e. The molecule has 114 valence electrons. The summed E-state index contributed by atoms with van der Waals surface area (Å²) in [5, 5.41) is 5.26. The lowest BCUT2D eigenvalue weighted by molar-refractivity contribution is -0.0324. The zero-order valence-corrected chi connectivity index (χ0v) is 12.9. The standard InChI is InChI=1S/C13H27NO4S/c1-12(9-17-2)18-10-13(11-19(14,15)16)7-5-3-4-6-8-13/h12H,3-11H2,1-2H3,(H2,14,15,16). The molecule has 5 nitrogen and oxygen atoms in total. The fourth-order valence-electron chi connectivity index (χ4n) is 2.84. The van der Waals surface area contributed by atoms with E-state index in [1.165, 1.54) is 12.8 Å². The van der Waals surface area contributed by atoms with E-state index in [9.17, 15) is 8.42 Å². The Hall–Kier alpha value is -0.170. The second-order valence-electron chi connectivity index (χ2n) is 5.80. The van der Waals surface area contributed by atoms with Gasteiger partial charge in [0, 0.05) is 12.5 Å². The second-order valence-corrected chi connectivity index (χ2v) is 7.41. The van der Waals surface area contributed by atoms with Crippen LogP contribution in [-0.4, -0.2) is 40.6 Å². The summed E-state index contributed by atoms with van der Waals surface area (Å²) in [5.74, 6) is 0.0275. The highest BCUT2D eigenvalue weighted by atomic mass is 32.2. The summed E-state index contributed by atoms with van der Waals surface area (Å²) in [5.41, 5.74) is -0.313. The third-order valence-corrected chi connectivity index (χ3v) is 4.76. The van der Waals surface area contributed by atoms with Crippen LogP contribution in [0.5, 0.6) is 0 Å². The first-order valence-corrected chi connectivity index (χ1v) is 8.69. The topological polar surface area (TPSA) is 78.6 Å². The van der Waals surface area contributed by atoms with E-state index < -0.39 is 10.0 Å². The number of rotatable bonds is 7. The predicted molar refractivity (Wildman–Crippen MR) is 75.4 cm³/mol. The van der Waals surface area contributed by atoms with Gasteiger partial charge >= 0.3 is 0 Å². The Balaban J connectivity index is 2.67. The summed E-state index contributed by atoms with van der Waals surface area (Å²) in [7, 11) is -1.84. The van der Waals surface area contributed by atoms with Crippen LogP contribution in [0, 0.1) is 5.41 Å². The van der Waals surface area contributed by atoms with Gasteiger partial charge in [0.25, 0.3) is 0 Å². The molecule has 0 aromatic rings. The van der Waals surface area contributed by atoms with Crippen LogP contribution in [0.15, 0.2) is 0 Å². The minimum absolute atomic E-state index is 0.0226. The average molecular weight is 293 g/mol. The van der Waals surface area contributed by atoms with Gasteiger partial charge in [-0.1, -0.05) is 25.7 Å². The van der Waals surface area contributed by atoms with E-state index in [1.54, 1.807) is 7.11 Å². The molecular weight excluding hydrogens is 266 g/mol. The first-order chi connectivity index (χ1) is 8.87. The number of ether oxygens (including phenoxy) is 2. The minimum atomic E-state index is -3.47. The van der Waals surface area contributed by atoms with Crippen LogP contribution in [-0.2, 0) is 19.5 Å². The van der Waals surface area contributed by atoms with Crippen molar-refractivity contribution in [3.05, 3.63) is 0 Å². The highest BCUT2D eigenvalue weighted by molar-refractivity contribution is 7.89. The summed E-state index contributed by atoms with van der Waals surface area (Å²) in [6.45, 7) is 2.91. The van der Waals surface area contributed by atoms with Crippen molar-refractivity contribution in [3.8, 4) is 0 Å². The Kier molecular flexibility index (Phi) is 6.73. The van der Waals surface area contributed by atoms with E-state index in [-0.39, 0.29) is 17.3 Å². The first kappa shape index (κ1) is 16.9. The van der Waals surface area contributed by atoms with Crippen LogP contribution in [0.2, 0.25) is 0 Å². The Morgan fingerprint density at radius 1 is 1.21 bits per heavy atom. The van der Waals surface area contributed by atoms with E-state index in [0.717, 1.165) is 25.7 Å².